The van der Waals surface area contributed by atoms with E-state index in [4.69, 9.17) is 11.6 Å². The molecule has 0 saturated heterocycles. The van der Waals surface area contributed by atoms with Crippen LogP contribution in [0.25, 0.3) is 11.0 Å². The molecule has 3 rings (SSSR count). The predicted octanol–water partition coefficient (Wildman–Crippen LogP) is 2.50. The molecule has 3 aromatic rings. The van der Waals surface area contributed by atoms with E-state index < -0.39 is 0 Å². The third kappa shape index (κ3) is 3.00. The van der Waals surface area contributed by atoms with Crippen LogP contribution in [0.1, 0.15) is 24.4 Å². The van der Waals surface area contributed by atoms with Gasteiger partial charge in [-0.1, -0.05) is 29.8 Å². The standard InChI is InChI=1S/C16H18ClN5O/c1-10(11-6-4-5-7-13(11)17)21(2)9-14-19-15-12(16(23)20-14)8-18-22(15)3/h4-8,10H,9H2,1-3H3,(H,19,20,23)/t10-/m1/s1. The van der Waals surface area contributed by atoms with Gasteiger partial charge in [0.1, 0.15) is 11.2 Å². The molecule has 7 heteroatoms. The molecule has 6 nitrogen and oxygen atoms in total. The largest absolute Gasteiger partial charge is 0.309 e. The fourth-order valence-corrected chi connectivity index (χ4v) is 2.87. The Morgan fingerprint density at radius 1 is 1.39 bits per heavy atom. The molecule has 0 aliphatic heterocycles. The lowest BCUT2D eigenvalue weighted by atomic mass is 10.1. The lowest BCUT2D eigenvalue weighted by molar-refractivity contribution is 0.247. The van der Waals surface area contributed by atoms with Gasteiger partial charge in [0.05, 0.1) is 12.7 Å². The Morgan fingerprint density at radius 2 is 2.13 bits per heavy atom. The highest BCUT2D eigenvalue weighted by molar-refractivity contribution is 6.31. The van der Waals surface area contributed by atoms with E-state index in [2.05, 4.69) is 26.9 Å². The van der Waals surface area contributed by atoms with Crippen molar-refractivity contribution < 1.29 is 0 Å². The lowest BCUT2D eigenvalue weighted by Gasteiger charge is -2.25. The van der Waals surface area contributed by atoms with E-state index in [1.165, 1.54) is 6.20 Å². The molecule has 1 aromatic carbocycles. The Hall–Kier alpha value is -2.18. The van der Waals surface area contributed by atoms with Gasteiger partial charge in [-0.25, -0.2) is 4.98 Å². The van der Waals surface area contributed by atoms with E-state index in [1.807, 2.05) is 31.3 Å². The first kappa shape index (κ1) is 15.7. The second-order valence-electron chi connectivity index (χ2n) is 5.63. The van der Waals surface area contributed by atoms with Crippen molar-refractivity contribution in [1.82, 2.24) is 24.6 Å². The molecule has 0 aliphatic carbocycles. The first-order chi connectivity index (χ1) is 11.0. The summed E-state index contributed by atoms with van der Waals surface area (Å²) in [6.45, 7) is 2.57. The quantitative estimate of drug-likeness (QED) is 0.797. The first-order valence-electron chi connectivity index (χ1n) is 7.33. The Labute approximate surface area is 138 Å². The number of halogens is 1. The maximum Gasteiger partial charge on any atom is 0.262 e. The van der Waals surface area contributed by atoms with Crippen LogP contribution in [0.3, 0.4) is 0 Å². The van der Waals surface area contributed by atoms with Crippen LogP contribution in [0, 0.1) is 0 Å². The van der Waals surface area contributed by atoms with Crippen molar-refractivity contribution in [3.63, 3.8) is 0 Å². The van der Waals surface area contributed by atoms with Gasteiger partial charge in [-0.3, -0.25) is 14.4 Å². The summed E-state index contributed by atoms with van der Waals surface area (Å²) in [7, 11) is 3.75. The molecule has 120 valence electrons. The number of fused-ring (bicyclic) bond motifs is 1. The lowest BCUT2D eigenvalue weighted by Crippen LogP contribution is -2.25. The van der Waals surface area contributed by atoms with Gasteiger partial charge in [0, 0.05) is 18.1 Å². The third-order valence-corrected chi connectivity index (χ3v) is 4.41. The summed E-state index contributed by atoms with van der Waals surface area (Å²) < 4.78 is 1.60. The number of H-pyrrole nitrogens is 1. The molecule has 0 saturated carbocycles. The van der Waals surface area contributed by atoms with Crippen LogP contribution in [0.15, 0.2) is 35.3 Å². The summed E-state index contributed by atoms with van der Waals surface area (Å²) in [6.07, 6.45) is 1.53. The van der Waals surface area contributed by atoms with Gasteiger partial charge in [0.15, 0.2) is 5.65 Å². The summed E-state index contributed by atoms with van der Waals surface area (Å²) >= 11 is 6.26. The number of hydrogen-bond acceptors (Lipinski definition) is 4. The van der Waals surface area contributed by atoms with Crippen LogP contribution in [0.4, 0.5) is 0 Å². The number of aryl methyl sites for hydroxylation is 1. The van der Waals surface area contributed by atoms with Gasteiger partial charge in [-0.05, 0) is 25.6 Å². The van der Waals surface area contributed by atoms with Gasteiger partial charge in [0.2, 0.25) is 0 Å². The molecular weight excluding hydrogens is 314 g/mol. The van der Waals surface area contributed by atoms with Crippen molar-refractivity contribution in [3.8, 4) is 0 Å². The van der Waals surface area contributed by atoms with Crippen molar-refractivity contribution in [2.45, 2.75) is 19.5 Å². The monoisotopic (exact) mass is 331 g/mol. The number of hydrogen-bond donors (Lipinski definition) is 1. The minimum absolute atomic E-state index is 0.0937. The van der Waals surface area contributed by atoms with E-state index in [0.29, 0.717) is 23.4 Å². The highest BCUT2D eigenvalue weighted by Crippen LogP contribution is 2.26. The molecule has 1 atom stereocenters. The maximum atomic E-state index is 12.1. The van der Waals surface area contributed by atoms with Crippen molar-refractivity contribution >= 4 is 22.6 Å². The fraction of sp³-hybridized carbons (Fsp3) is 0.312. The Kier molecular flexibility index (Phi) is 4.19. The highest BCUT2D eigenvalue weighted by Gasteiger charge is 2.16. The van der Waals surface area contributed by atoms with Crippen molar-refractivity contribution in [2.75, 3.05) is 7.05 Å². The molecule has 2 aromatic heterocycles. The Bertz CT molecular complexity index is 901. The normalized spacial score (nSPS) is 12.9. The molecular formula is C16H18ClN5O. The van der Waals surface area contributed by atoms with E-state index in [-0.39, 0.29) is 11.6 Å². The zero-order chi connectivity index (χ0) is 16.6. The molecule has 2 heterocycles. The number of benzene rings is 1. The second-order valence-corrected chi connectivity index (χ2v) is 6.04. The van der Waals surface area contributed by atoms with Gasteiger partial charge in [0.25, 0.3) is 5.56 Å². The van der Waals surface area contributed by atoms with E-state index >= 15 is 0 Å². The van der Waals surface area contributed by atoms with Crippen LogP contribution >= 0.6 is 11.6 Å². The summed E-state index contributed by atoms with van der Waals surface area (Å²) in [6, 6.07) is 7.85. The SMILES string of the molecule is C[C@H](c1ccccc1Cl)N(C)Cc1nc2c(cnn2C)c(=O)[nH]1. The van der Waals surface area contributed by atoms with Crippen LogP contribution in [-0.4, -0.2) is 31.7 Å². The average molecular weight is 332 g/mol. The smallest absolute Gasteiger partial charge is 0.262 e. The highest BCUT2D eigenvalue weighted by atomic mass is 35.5. The van der Waals surface area contributed by atoms with Gasteiger partial charge < -0.3 is 4.98 Å². The molecule has 0 bridgehead atoms. The molecule has 0 spiro atoms. The predicted molar refractivity (Wildman–Crippen MR) is 90.5 cm³/mol. The minimum Gasteiger partial charge on any atom is -0.309 e. The van der Waals surface area contributed by atoms with Gasteiger partial charge >= 0.3 is 0 Å². The maximum absolute atomic E-state index is 12.1. The number of nitrogens with one attached hydrogen (secondary N) is 1. The molecule has 0 radical (unpaired) electrons. The van der Waals surface area contributed by atoms with Crippen molar-refractivity contribution in [1.29, 1.82) is 0 Å². The molecule has 0 amide bonds. The Morgan fingerprint density at radius 3 is 2.87 bits per heavy atom. The molecule has 0 fully saturated rings. The summed E-state index contributed by atoms with van der Waals surface area (Å²) in [5, 5.41) is 5.30. The van der Waals surface area contributed by atoms with Crippen LogP contribution in [0.5, 0.6) is 0 Å². The molecule has 1 N–H and O–H groups in total. The summed E-state index contributed by atoms with van der Waals surface area (Å²) in [5.74, 6) is 0.604. The minimum atomic E-state index is -0.170. The van der Waals surface area contributed by atoms with Crippen molar-refractivity contribution in [2.24, 2.45) is 7.05 Å². The number of rotatable bonds is 4. The number of aromatic amines is 1. The first-order valence-corrected chi connectivity index (χ1v) is 7.70. The molecule has 0 unspecified atom stereocenters. The van der Waals surface area contributed by atoms with Crippen molar-refractivity contribution in [3.05, 3.63) is 57.2 Å². The topological polar surface area (TPSA) is 66.8 Å². The fourth-order valence-electron chi connectivity index (χ4n) is 2.58. The summed E-state index contributed by atoms with van der Waals surface area (Å²) in [5.41, 5.74) is 1.46. The van der Waals surface area contributed by atoms with E-state index in [9.17, 15) is 4.79 Å². The van der Waals surface area contributed by atoms with Gasteiger partial charge in [-0.2, -0.15) is 5.10 Å². The number of aromatic nitrogens is 4. The zero-order valence-electron chi connectivity index (χ0n) is 13.2. The zero-order valence-corrected chi connectivity index (χ0v) is 14.0. The van der Waals surface area contributed by atoms with Crippen LogP contribution < -0.4 is 5.56 Å². The van der Waals surface area contributed by atoms with Gasteiger partial charge in [-0.15, -0.1) is 0 Å². The third-order valence-electron chi connectivity index (χ3n) is 4.07. The second kappa shape index (κ2) is 6.14. The van der Waals surface area contributed by atoms with E-state index in [1.54, 1.807) is 11.7 Å². The summed E-state index contributed by atoms with van der Waals surface area (Å²) in [4.78, 5) is 21.5. The van der Waals surface area contributed by atoms with E-state index in [0.717, 1.165) is 10.6 Å². The molecule has 23 heavy (non-hydrogen) atoms. The number of nitrogens with zero attached hydrogens (tertiary/aromatic N) is 4. The Balaban J connectivity index is 1.88. The average Bonchev–Trinajstić information content (AvgIpc) is 2.89. The van der Waals surface area contributed by atoms with Crippen LogP contribution in [0.2, 0.25) is 5.02 Å². The molecule has 0 aliphatic rings. The van der Waals surface area contributed by atoms with Crippen LogP contribution in [-0.2, 0) is 13.6 Å².